The fourth-order valence-corrected chi connectivity index (χ4v) is 1.76. The zero-order valence-corrected chi connectivity index (χ0v) is 12.4. The third-order valence-corrected chi connectivity index (χ3v) is 3.22. The van der Waals surface area contributed by atoms with Crippen molar-refractivity contribution in [2.45, 2.75) is 13.8 Å². The van der Waals surface area contributed by atoms with Gasteiger partial charge in [-0.2, -0.15) is 0 Å². The van der Waals surface area contributed by atoms with Gasteiger partial charge in [0.2, 0.25) is 0 Å². The first-order valence-electron chi connectivity index (χ1n) is 6.11. The first-order valence-corrected chi connectivity index (χ1v) is 6.49. The number of benzene rings is 1. The van der Waals surface area contributed by atoms with Crippen LogP contribution in [0.2, 0.25) is 5.02 Å². The molecule has 2 aromatic rings. The van der Waals surface area contributed by atoms with Crippen LogP contribution in [0, 0.1) is 13.8 Å². The number of tetrazole rings is 1. The summed E-state index contributed by atoms with van der Waals surface area (Å²) in [6.07, 6.45) is 1.36. The quantitative estimate of drug-likeness (QED) is 0.914. The van der Waals surface area contributed by atoms with E-state index in [2.05, 4.69) is 27.3 Å². The van der Waals surface area contributed by atoms with Crippen LogP contribution >= 0.6 is 11.6 Å². The van der Waals surface area contributed by atoms with E-state index in [4.69, 9.17) is 16.3 Å². The fraction of sp³-hybridized carbons (Fsp3) is 0.231. The Balaban J connectivity index is 1.93. The van der Waals surface area contributed by atoms with Gasteiger partial charge in [0, 0.05) is 11.2 Å². The van der Waals surface area contributed by atoms with Crippen LogP contribution < -0.4 is 10.1 Å². The van der Waals surface area contributed by atoms with Crippen LogP contribution in [0.15, 0.2) is 18.7 Å². The molecule has 0 aliphatic heterocycles. The third-order valence-electron chi connectivity index (χ3n) is 2.62. The number of nitrogens with one attached hydrogen (secondary N) is 1. The number of nitrogens with zero attached hydrogens (tertiary/aromatic N) is 4. The number of hydrogen-bond acceptors (Lipinski definition) is 5. The molecule has 1 N–H and O–H groups in total. The summed E-state index contributed by atoms with van der Waals surface area (Å²) in [6.45, 7) is 7.06. The highest BCUT2D eigenvalue weighted by Gasteiger charge is 2.09. The molecule has 0 saturated carbocycles. The molecule has 1 aromatic carbocycles. The lowest BCUT2D eigenvalue weighted by Crippen LogP contribution is -2.21. The number of carbonyl (C=O) groups is 1. The van der Waals surface area contributed by atoms with Crippen molar-refractivity contribution in [1.82, 2.24) is 20.2 Å². The van der Waals surface area contributed by atoms with E-state index in [1.54, 1.807) is 12.1 Å². The zero-order valence-electron chi connectivity index (χ0n) is 11.6. The standard InChI is InChI=1S/C13H14ClN5O2/c1-4-19-17-13(16-18-19)15-11(20)7-21-10-5-8(2)12(14)9(3)6-10/h4-6H,1,7H2,2-3H3,(H,15,17,20). The van der Waals surface area contributed by atoms with Crippen molar-refractivity contribution in [3.8, 4) is 5.75 Å². The first-order chi connectivity index (χ1) is 9.99. The lowest BCUT2D eigenvalue weighted by Gasteiger charge is -2.09. The molecular weight excluding hydrogens is 294 g/mol. The Morgan fingerprint density at radius 3 is 2.71 bits per heavy atom. The minimum Gasteiger partial charge on any atom is -0.484 e. The minimum atomic E-state index is -0.385. The summed E-state index contributed by atoms with van der Waals surface area (Å²) >= 11 is 6.07. The van der Waals surface area contributed by atoms with Crippen LogP contribution in [-0.4, -0.2) is 32.7 Å². The van der Waals surface area contributed by atoms with Crippen LogP contribution in [0.25, 0.3) is 6.20 Å². The fourth-order valence-electron chi connectivity index (χ4n) is 1.65. The molecule has 1 amide bonds. The van der Waals surface area contributed by atoms with E-state index in [0.717, 1.165) is 15.9 Å². The van der Waals surface area contributed by atoms with Gasteiger partial charge in [-0.15, -0.1) is 9.90 Å². The van der Waals surface area contributed by atoms with Gasteiger partial charge in [0.05, 0.1) is 0 Å². The average Bonchev–Trinajstić information content (AvgIpc) is 2.90. The van der Waals surface area contributed by atoms with Crippen molar-refractivity contribution in [2.75, 3.05) is 11.9 Å². The number of hydrogen-bond donors (Lipinski definition) is 1. The van der Waals surface area contributed by atoms with E-state index >= 15 is 0 Å². The van der Waals surface area contributed by atoms with Crippen molar-refractivity contribution >= 4 is 29.7 Å². The molecule has 0 aliphatic rings. The normalized spacial score (nSPS) is 10.2. The smallest absolute Gasteiger partial charge is 0.270 e. The number of aryl methyl sites for hydroxylation is 2. The van der Waals surface area contributed by atoms with Crippen LogP contribution in [0.1, 0.15) is 11.1 Å². The van der Waals surface area contributed by atoms with E-state index in [9.17, 15) is 4.79 Å². The number of anilines is 1. The van der Waals surface area contributed by atoms with Gasteiger partial charge in [0.15, 0.2) is 6.61 Å². The van der Waals surface area contributed by atoms with Crippen LogP contribution in [0.4, 0.5) is 5.95 Å². The highest BCUT2D eigenvalue weighted by molar-refractivity contribution is 6.32. The summed E-state index contributed by atoms with van der Waals surface area (Å²) in [6, 6.07) is 3.55. The van der Waals surface area contributed by atoms with Gasteiger partial charge in [-0.05, 0) is 42.3 Å². The number of aromatic nitrogens is 4. The maximum Gasteiger partial charge on any atom is 0.270 e. The maximum atomic E-state index is 11.7. The molecule has 0 bridgehead atoms. The number of carbonyl (C=O) groups excluding carboxylic acids is 1. The molecule has 8 heteroatoms. The highest BCUT2D eigenvalue weighted by Crippen LogP contribution is 2.25. The van der Waals surface area contributed by atoms with Crippen molar-refractivity contribution in [3.63, 3.8) is 0 Å². The van der Waals surface area contributed by atoms with Crippen LogP contribution in [-0.2, 0) is 4.79 Å². The van der Waals surface area contributed by atoms with Crippen molar-refractivity contribution < 1.29 is 9.53 Å². The highest BCUT2D eigenvalue weighted by atomic mass is 35.5. The third kappa shape index (κ3) is 3.79. The zero-order chi connectivity index (χ0) is 15.4. The van der Waals surface area contributed by atoms with Gasteiger partial charge < -0.3 is 4.74 Å². The molecule has 1 heterocycles. The van der Waals surface area contributed by atoms with Gasteiger partial charge in [-0.3, -0.25) is 10.1 Å². The molecule has 0 fully saturated rings. The second-order valence-corrected chi connectivity index (χ2v) is 4.70. The van der Waals surface area contributed by atoms with E-state index in [1.165, 1.54) is 6.20 Å². The number of rotatable bonds is 5. The van der Waals surface area contributed by atoms with Crippen molar-refractivity contribution in [1.29, 1.82) is 0 Å². The topological polar surface area (TPSA) is 81.9 Å². The Morgan fingerprint density at radius 2 is 2.14 bits per heavy atom. The number of amides is 1. The van der Waals surface area contributed by atoms with Gasteiger partial charge in [-0.25, -0.2) is 0 Å². The van der Waals surface area contributed by atoms with E-state index in [1.807, 2.05) is 13.8 Å². The predicted octanol–water partition coefficient (Wildman–Crippen LogP) is 2.06. The molecule has 21 heavy (non-hydrogen) atoms. The maximum absolute atomic E-state index is 11.7. The summed E-state index contributed by atoms with van der Waals surface area (Å²) < 4.78 is 5.42. The molecule has 1 aromatic heterocycles. The van der Waals surface area contributed by atoms with Crippen LogP contribution in [0.3, 0.4) is 0 Å². The van der Waals surface area contributed by atoms with Gasteiger partial charge in [0.25, 0.3) is 11.9 Å². The average molecular weight is 308 g/mol. The van der Waals surface area contributed by atoms with Gasteiger partial charge in [0.1, 0.15) is 5.75 Å². The Labute approximate surface area is 126 Å². The van der Waals surface area contributed by atoms with E-state index < -0.39 is 0 Å². The molecule has 0 unspecified atom stereocenters. The summed E-state index contributed by atoms with van der Waals surface area (Å²) in [5.74, 6) is 0.281. The van der Waals surface area contributed by atoms with E-state index in [0.29, 0.717) is 10.8 Å². The van der Waals surface area contributed by atoms with Crippen molar-refractivity contribution in [2.24, 2.45) is 0 Å². The van der Waals surface area contributed by atoms with Gasteiger partial charge in [-0.1, -0.05) is 23.3 Å². The summed E-state index contributed by atoms with van der Waals surface area (Å²) in [5, 5.41) is 14.2. The Morgan fingerprint density at radius 1 is 1.48 bits per heavy atom. The molecule has 0 atom stereocenters. The number of halogens is 1. The summed E-state index contributed by atoms with van der Waals surface area (Å²) in [5.41, 5.74) is 1.78. The Hall–Kier alpha value is -2.41. The SMILES string of the molecule is C=Cn1nnc(NC(=O)COc2cc(C)c(Cl)c(C)c2)n1. The molecule has 0 aliphatic carbocycles. The monoisotopic (exact) mass is 307 g/mol. The molecule has 0 spiro atoms. The molecule has 110 valence electrons. The predicted molar refractivity (Wildman–Crippen MR) is 79.3 cm³/mol. The molecule has 0 saturated heterocycles. The largest absolute Gasteiger partial charge is 0.484 e. The summed E-state index contributed by atoms with van der Waals surface area (Å²) in [7, 11) is 0. The number of ether oxygens (including phenoxy) is 1. The van der Waals surface area contributed by atoms with Gasteiger partial charge >= 0.3 is 0 Å². The second kappa shape index (κ2) is 6.36. The Kier molecular flexibility index (Phi) is 4.54. The first kappa shape index (κ1) is 15.0. The molecule has 7 nitrogen and oxygen atoms in total. The lowest BCUT2D eigenvalue weighted by atomic mass is 10.1. The Bertz CT molecular complexity index is 660. The van der Waals surface area contributed by atoms with Crippen LogP contribution in [0.5, 0.6) is 5.75 Å². The molecule has 0 radical (unpaired) electrons. The summed E-state index contributed by atoms with van der Waals surface area (Å²) in [4.78, 5) is 12.9. The molecular formula is C13H14ClN5O2. The second-order valence-electron chi connectivity index (χ2n) is 4.32. The van der Waals surface area contributed by atoms with Crippen molar-refractivity contribution in [3.05, 3.63) is 34.9 Å². The van der Waals surface area contributed by atoms with E-state index in [-0.39, 0.29) is 18.5 Å². The minimum absolute atomic E-state index is 0.0898. The molecule has 2 rings (SSSR count). The lowest BCUT2D eigenvalue weighted by molar-refractivity contribution is -0.118.